The number of amides is 1. The van der Waals surface area contributed by atoms with Crippen LogP contribution in [0.4, 0.5) is 26.0 Å². The molecule has 2 heterocycles. The fraction of sp³-hybridized carbons (Fsp3) is 0.100. The van der Waals surface area contributed by atoms with Crippen molar-refractivity contribution < 1.29 is 18.3 Å². The third kappa shape index (κ3) is 3.50. The predicted molar refractivity (Wildman–Crippen MR) is 106 cm³/mol. The van der Waals surface area contributed by atoms with Gasteiger partial charge in [0.2, 0.25) is 5.91 Å². The van der Waals surface area contributed by atoms with E-state index >= 15 is 0 Å². The zero-order chi connectivity index (χ0) is 21.3. The Morgan fingerprint density at radius 2 is 2.07 bits per heavy atom. The van der Waals surface area contributed by atoms with Gasteiger partial charge >= 0.3 is 0 Å². The van der Waals surface area contributed by atoms with Gasteiger partial charge in [-0.15, -0.1) is 0 Å². The van der Waals surface area contributed by atoms with Crippen molar-refractivity contribution in [1.29, 1.82) is 0 Å². The number of nitrogens with two attached hydrogens (primary N) is 1. The zero-order valence-corrected chi connectivity index (χ0v) is 15.8. The van der Waals surface area contributed by atoms with Gasteiger partial charge in [0.15, 0.2) is 11.6 Å². The summed E-state index contributed by atoms with van der Waals surface area (Å²) in [5.41, 5.74) is 6.05. The fourth-order valence-corrected chi connectivity index (χ4v) is 3.08. The van der Waals surface area contributed by atoms with Gasteiger partial charge in [-0.25, -0.2) is 18.7 Å². The topological polar surface area (TPSA) is 99.2 Å². The molecule has 0 saturated heterocycles. The Labute approximate surface area is 169 Å². The minimum absolute atomic E-state index is 0.0792. The van der Waals surface area contributed by atoms with Crippen LogP contribution in [-0.2, 0) is 11.3 Å². The summed E-state index contributed by atoms with van der Waals surface area (Å²) < 4.78 is 35.3. The number of aromatic nitrogens is 4. The summed E-state index contributed by atoms with van der Waals surface area (Å²) in [7, 11) is 1.53. The number of nitrogens with zero attached hydrogens (tertiary/aromatic N) is 5. The van der Waals surface area contributed by atoms with Gasteiger partial charge in [-0.05, 0) is 24.3 Å². The number of hydrogen-bond donors (Lipinski definition) is 1. The smallest absolute Gasteiger partial charge is 0.239 e. The van der Waals surface area contributed by atoms with Gasteiger partial charge in [0.05, 0.1) is 30.2 Å². The van der Waals surface area contributed by atoms with Crippen LogP contribution < -0.4 is 15.4 Å². The van der Waals surface area contributed by atoms with E-state index in [2.05, 4.69) is 15.1 Å². The molecule has 2 N–H and O–H groups in total. The molecule has 0 radical (unpaired) electrons. The molecule has 0 bridgehead atoms. The van der Waals surface area contributed by atoms with Gasteiger partial charge in [0.1, 0.15) is 24.4 Å². The van der Waals surface area contributed by atoms with E-state index in [4.69, 9.17) is 10.5 Å². The highest BCUT2D eigenvalue weighted by atomic mass is 19.2. The molecule has 2 aromatic carbocycles. The minimum atomic E-state index is -1.06. The van der Waals surface area contributed by atoms with Crippen molar-refractivity contribution in [1.82, 2.24) is 19.7 Å². The highest BCUT2D eigenvalue weighted by Crippen LogP contribution is 2.38. The van der Waals surface area contributed by atoms with Crippen molar-refractivity contribution >= 4 is 34.0 Å². The van der Waals surface area contributed by atoms with E-state index < -0.39 is 17.5 Å². The van der Waals surface area contributed by atoms with Crippen LogP contribution in [0.2, 0.25) is 0 Å². The standard InChI is InChI=1S/C20H16F2N6O2/c1-30-13-5-6-14-16(7-13)24-11-25-20(14)28(17-4-2-3-15(21)19(17)22)12-8-26-27(9-12)10-18(23)29/h2-9,11H,10H2,1H3,(H2,23,29). The lowest BCUT2D eigenvalue weighted by Gasteiger charge is -2.24. The van der Waals surface area contributed by atoms with Crippen LogP contribution in [0.15, 0.2) is 55.1 Å². The molecule has 10 heteroatoms. The van der Waals surface area contributed by atoms with Crippen LogP contribution in [-0.4, -0.2) is 32.8 Å². The Morgan fingerprint density at radius 3 is 2.83 bits per heavy atom. The molecule has 30 heavy (non-hydrogen) atoms. The zero-order valence-electron chi connectivity index (χ0n) is 15.8. The highest BCUT2D eigenvalue weighted by Gasteiger charge is 2.23. The average Bonchev–Trinajstić information content (AvgIpc) is 3.18. The van der Waals surface area contributed by atoms with Crippen LogP contribution >= 0.6 is 0 Å². The molecule has 0 spiro atoms. The monoisotopic (exact) mass is 410 g/mol. The lowest BCUT2D eigenvalue weighted by atomic mass is 10.2. The van der Waals surface area contributed by atoms with E-state index in [1.54, 1.807) is 18.2 Å². The maximum Gasteiger partial charge on any atom is 0.239 e. The number of benzene rings is 2. The lowest BCUT2D eigenvalue weighted by Crippen LogP contribution is -2.19. The average molecular weight is 410 g/mol. The van der Waals surface area contributed by atoms with Crippen molar-refractivity contribution in [2.45, 2.75) is 6.54 Å². The van der Waals surface area contributed by atoms with Crippen LogP contribution in [0.1, 0.15) is 0 Å². The molecule has 0 atom stereocenters. The van der Waals surface area contributed by atoms with Crippen LogP contribution in [0, 0.1) is 11.6 Å². The van der Waals surface area contributed by atoms with Crippen LogP contribution in [0.25, 0.3) is 10.9 Å². The first-order valence-corrected chi connectivity index (χ1v) is 8.81. The second-order valence-corrected chi connectivity index (χ2v) is 6.35. The Morgan fingerprint density at radius 1 is 1.23 bits per heavy atom. The minimum Gasteiger partial charge on any atom is -0.497 e. The quantitative estimate of drug-likeness (QED) is 0.525. The van der Waals surface area contributed by atoms with Gasteiger partial charge < -0.3 is 10.5 Å². The molecule has 4 aromatic rings. The van der Waals surface area contributed by atoms with E-state index in [0.29, 0.717) is 28.2 Å². The number of ether oxygens (including phenoxy) is 1. The summed E-state index contributed by atoms with van der Waals surface area (Å²) in [6.07, 6.45) is 4.21. The second-order valence-electron chi connectivity index (χ2n) is 6.35. The number of methoxy groups -OCH3 is 1. The molecule has 1 amide bonds. The van der Waals surface area contributed by atoms with E-state index in [1.807, 2.05) is 0 Å². The predicted octanol–water partition coefficient (Wildman–Crippen LogP) is 3.07. The molecule has 0 unspecified atom stereocenters. The molecule has 0 aliphatic carbocycles. The maximum absolute atomic E-state index is 14.8. The first kappa shape index (κ1) is 19.2. The largest absolute Gasteiger partial charge is 0.497 e. The van der Waals surface area contributed by atoms with E-state index in [0.717, 1.165) is 6.07 Å². The number of anilines is 3. The van der Waals surface area contributed by atoms with Gasteiger partial charge in [-0.1, -0.05) is 6.07 Å². The van der Waals surface area contributed by atoms with E-state index in [9.17, 15) is 13.6 Å². The molecule has 0 aliphatic heterocycles. The van der Waals surface area contributed by atoms with Crippen molar-refractivity contribution in [2.75, 3.05) is 12.0 Å². The number of primary amides is 1. The molecule has 152 valence electrons. The number of fused-ring (bicyclic) bond motifs is 1. The third-order valence-corrected chi connectivity index (χ3v) is 4.40. The Hall–Kier alpha value is -4.08. The normalized spacial score (nSPS) is 10.9. The van der Waals surface area contributed by atoms with Crippen molar-refractivity contribution in [3.63, 3.8) is 0 Å². The molecular weight excluding hydrogens is 394 g/mol. The molecule has 2 aromatic heterocycles. The summed E-state index contributed by atoms with van der Waals surface area (Å²) in [5, 5.41) is 4.66. The van der Waals surface area contributed by atoms with Gasteiger partial charge in [-0.2, -0.15) is 5.10 Å². The summed E-state index contributed by atoms with van der Waals surface area (Å²) in [5.74, 6) is -1.77. The van der Waals surface area contributed by atoms with Crippen molar-refractivity contribution in [2.24, 2.45) is 5.73 Å². The van der Waals surface area contributed by atoms with Crippen LogP contribution in [0.5, 0.6) is 5.75 Å². The summed E-state index contributed by atoms with van der Waals surface area (Å²) in [6.45, 7) is -0.165. The van der Waals surface area contributed by atoms with Gasteiger partial charge in [-0.3, -0.25) is 14.4 Å². The molecule has 8 nitrogen and oxygen atoms in total. The number of hydrogen-bond acceptors (Lipinski definition) is 6. The molecule has 0 fully saturated rings. The summed E-state index contributed by atoms with van der Waals surface area (Å²) >= 11 is 0. The number of halogens is 2. The first-order valence-electron chi connectivity index (χ1n) is 8.81. The van der Waals surface area contributed by atoms with Gasteiger partial charge in [0.25, 0.3) is 0 Å². The Balaban J connectivity index is 1.94. The highest BCUT2D eigenvalue weighted by molar-refractivity contribution is 5.95. The molecular formula is C20H16F2N6O2. The van der Waals surface area contributed by atoms with E-state index in [-0.39, 0.29) is 12.2 Å². The molecule has 0 saturated carbocycles. The SMILES string of the molecule is COc1ccc2c(N(c3cnn(CC(N)=O)c3)c3cccc(F)c3F)ncnc2c1. The number of rotatable bonds is 6. The summed E-state index contributed by atoms with van der Waals surface area (Å²) in [6, 6.07) is 8.98. The fourth-order valence-electron chi connectivity index (χ4n) is 3.08. The molecule has 0 aliphatic rings. The van der Waals surface area contributed by atoms with Crippen molar-refractivity contribution in [3.8, 4) is 5.75 Å². The first-order chi connectivity index (χ1) is 14.5. The lowest BCUT2D eigenvalue weighted by molar-refractivity contribution is -0.118. The van der Waals surface area contributed by atoms with Crippen LogP contribution in [0.3, 0.4) is 0 Å². The number of carbonyl (C=O) groups excluding carboxylic acids is 1. The second kappa shape index (κ2) is 7.74. The number of carbonyl (C=O) groups is 1. The third-order valence-electron chi connectivity index (χ3n) is 4.40. The van der Waals surface area contributed by atoms with Gasteiger partial charge in [0, 0.05) is 17.6 Å². The Bertz CT molecular complexity index is 1240. The summed E-state index contributed by atoms with van der Waals surface area (Å²) in [4.78, 5) is 21.2. The van der Waals surface area contributed by atoms with Crippen molar-refractivity contribution in [3.05, 3.63) is 66.8 Å². The maximum atomic E-state index is 14.8. The molecule has 4 rings (SSSR count). The van der Waals surface area contributed by atoms with E-state index in [1.165, 1.54) is 47.5 Å². The Kier molecular flexibility index (Phi) is 4.97.